The van der Waals surface area contributed by atoms with Crippen molar-refractivity contribution in [2.24, 2.45) is 0 Å². The number of rotatable bonds is 7. The minimum atomic E-state index is -4.76. The summed E-state index contributed by atoms with van der Waals surface area (Å²) < 4.78 is 42.6. The van der Waals surface area contributed by atoms with Crippen molar-refractivity contribution in [3.8, 4) is 5.75 Å². The summed E-state index contributed by atoms with van der Waals surface area (Å²) in [6, 6.07) is 7.24. The van der Waals surface area contributed by atoms with Crippen LogP contribution < -0.4 is 10.1 Å². The molecule has 2 aromatic heterocycles. The third-order valence-corrected chi connectivity index (χ3v) is 3.79. The van der Waals surface area contributed by atoms with Gasteiger partial charge in [-0.1, -0.05) is 12.1 Å². The van der Waals surface area contributed by atoms with Gasteiger partial charge in [0.05, 0.1) is 17.4 Å². The number of hydrogen-bond donors (Lipinski definition) is 2. The lowest BCUT2D eigenvalue weighted by atomic mass is 10.2. The zero-order chi connectivity index (χ0) is 20.1. The Labute approximate surface area is 157 Å². The van der Waals surface area contributed by atoms with E-state index in [4.69, 9.17) is 5.11 Å². The number of alkyl halides is 3. The number of ether oxygens (including phenoxy) is 1. The molecule has 2 N–H and O–H groups in total. The monoisotopic (exact) mass is 394 g/mol. The van der Waals surface area contributed by atoms with Gasteiger partial charge in [-0.3, -0.25) is 14.5 Å². The fraction of sp³-hybridized carbons (Fsp3) is 0.278. The van der Waals surface area contributed by atoms with E-state index in [1.54, 1.807) is 18.3 Å². The second-order valence-corrected chi connectivity index (χ2v) is 5.95. The number of nitrogens with one attached hydrogen (secondary N) is 1. The number of carbonyl (C=O) groups excluding carboxylic acids is 1. The summed E-state index contributed by atoms with van der Waals surface area (Å²) in [4.78, 5) is 16.4. The van der Waals surface area contributed by atoms with Crippen LogP contribution in [0.25, 0.3) is 10.9 Å². The molecule has 3 aromatic rings. The van der Waals surface area contributed by atoms with Crippen LogP contribution in [-0.2, 0) is 6.54 Å². The molecule has 0 bridgehead atoms. The van der Waals surface area contributed by atoms with Crippen LogP contribution in [0.3, 0.4) is 0 Å². The van der Waals surface area contributed by atoms with Crippen LogP contribution in [0.2, 0.25) is 0 Å². The third kappa shape index (κ3) is 4.97. The molecule has 2 heterocycles. The number of aliphatic hydroxyl groups is 1. The van der Waals surface area contributed by atoms with E-state index in [2.05, 4.69) is 20.1 Å². The molecule has 1 aromatic carbocycles. The van der Waals surface area contributed by atoms with Gasteiger partial charge >= 0.3 is 6.36 Å². The SMILES string of the molecule is O=C(NCCCO)c1nccc2nn(Cc3cccc(OC(F)(F)F)c3)cc12. The molecule has 0 atom stereocenters. The molecular formula is C18H17F3N4O3. The first-order chi connectivity index (χ1) is 13.4. The largest absolute Gasteiger partial charge is 0.573 e. The Balaban J connectivity index is 1.81. The van der Waals surface area contributed by atoms with Crippen LogP contribution >= 0.6 is 0 Å². The van der Waals surface area contributed by atoms with Gasteiger partial charge in [-0.05, 0) is 30.2 Å². The van der Waals surface area contributed by atoms with Gasteiger partial charge in [-0.15, -0.1) is 13.2 Å². The molecular weight excluding hydrogens is 377 g/mol. The second kappa shape index (κ2) is 8.26. The molecule has 0 fully saturated rings. The lowest BCUT2D eigenvalue weighted by Gasteiger charge is -2.10. The standard InChI is InChI=1S/C18H17F3N4O3/c19-18(20,21)28-13-4-1-3-12(9-13)10-25-11-14-15(24-25)5-7-22-16(14)17(27)23-6-2-8-26/h1,3-5,7,9,11,26H,2,6,8,10H2,(H,23,27). The molecule has 0 aliphatic carbocycles. The van der Waals surface area contributed by atoms with E-state index >= 15 is 0 Å². The van der Waals surface area contributed by atoms with Crippen molar-refractivity contribution in [3.63, 3.8) is 0 Å². The van der Waals surface area contributed by atoms with Crippen molar-refractivity contribution >= 4 is 16.8 Å². The third-order valence-electron chi connectivity index (χ3n) is 3.79. The number of pyridine rings is 1. The number of carbonyl (C=O) groups is 1. The highest BCUT2D eigenvalue weighted by molar-refractivity contribution is 6.04. The number of nitrogens with zero attached hydrogens (tertiary/aromatic N) is 3. The highest BCUT2D eigenvalue weighted by Crippen LogP contribution is 2.24. The van der Waals surface area contributed by atoms with Crippen molar-refractivity contribution in [2.75, 3.05) is 13.2 Å². The number of benzene rings is 1. The van der Waals surface area contributed by atoms with Crippen LogP contribution in [0.15, 0.2) is 42.7 Å². The molecule has 0 radical (unpaired) electrons. The number of hydrogen-bond acceptors (Lipinski definition) is 5. The summed E-state index contributed by atoms with van der Waals surface area (Å²) in [5.41, 5.74) is 1.28. The number of aromatic nitrogens is 3. The summed E-state index contributed by atoms with van der Waals surface area (Å²) in [6.07, 6.45) is -1.26. The lowest BCUT2D eigenvalue weighted by Crippen LogP contribution is -2.26. The molecule has 0 aliphatic heterocycles. The number of amides is 1. The Kier molecular flexibility index (Phi) is 5.78. The van der Waals surface area contributed by atoms with E-state index in [1.807, 2.05) is 0 Å². The zero-order valence-corrected chi connectivity index (χ0v) is 14.6. The van der Waals surface area contributed by atoms with Crippen LogP contribution in [0, 0.1) is 0 Å². The van der Waals surface area contributed by atoms with Gasteiger partial charge in [0, 0.05) is 25.5 Å². The molecule has 3 rings (SSSR count). The van der Waals surface area contributed by atoms with Crippen molar-refractivity contribution < 1.29 is 27.8 Å². The second-order valence-electron chi connectivity index (χ2n) is 5.95. The first-order valence-electron chi connectivity index (χ1n) is 8.41. The fourth-order valence-corrected chi connectivity index (χ4v) is 2.65. The topological polar surface area (TPSA) is 89.3 Å². The minimum absolute atomic E-state index is 0.0348. The molecule has 10 heteroatoms. The quantitative estimate of drug-likeness (QED) is 0.601. The molecule has 7 nitrogen and oxygen atoms in total. The highest BCUT2D eigenvalue weighted by atomic mass is 19.4. The Hall–Kier alpha value is -3.14. The maximum absolute atomic E-state index is 12.4. The Morgan fingerprint density at radius 2 is 2.11 bits per heavy atom. The van der Waals surface area contributed by atoms with Crippen LogP contribution in [0.1, 0.15) is 22.5 Å². The van der Waals surface area contributed by atoms with Crippen molar-refractivity contribution in [2.45, 2.75) is 19.3 Å². The average molecular weight is 394 g/mol. The van der Waals surface area contributed by atoms with Crippen LogP contribution in [0.4, 0.5) is 13.2 Å². The fourth-order valence-electron chi connectivity index (χ4n) is 2.65. The lowest BCUT2D eigenvalue weighted by molar-refractivity contribution is -0.274. The number of fused-ring (bicyclic) bond motifs is 1. The Bertz CT molecular complexity index is 972. The minimum Gasteiger partial charge on any atom is -0.406 e. The molecule has 0 saturated carbocycles. The van der Waals surface area contributed by atoms with Gasteiger partial charge in [0.15, 0.2) is 0 Å². The van der Waals surface area contributed by atoms with Crippen molar-refractivity contribution in [1.29, 1.82) is 0 Å². The number of halogens is 3. The normalized spacial score (nSPS) is 11.6. The van der Waals surface area contributed by atoms with Gasteiger partial charge < -0.3 is 15.2 Å². The van der Waals surface area contributed by atoms with Gasteiger partial charge in [-0.2, -0.15) is 5.10 Å². The summed E-state index contributed by atoms with van der Waals surface area (Å²) >= 11 is 0. The van der Waals surface area contributed by atoms with E-state index in [-0.39, 0.29) is 30.5 Å². The van der Waals surface area contributed by atoms with Crippen LogP contribution in [0.5, 0.6) is 5.75 Å². The molecule has 0 unspecified atom stereocenters. The van der Waals surface area contributed by atoms with E-state index in [0.717, 1.165) is 0 Å². The van der Waals surface area contributed by atoms with E-state index < -0.39 is 6.36 Å². The van der Waals surface area contributed by atoms with Crippen molar-refractivity contribution in [3.05, 3.63) is 54.0 Å². The van der Waals surface area contributed by atoms with E-state index in [9.17, 15) is 18.0 Å². The Morgan fingerprint density at radius 3 is 2.86 bits per heavy atom. The predicted molar refractivity (Wildman–Crippen MR) is 93.8 cm³/mol. The smallest absolute Gasteiger partial charge is 0.406 e. The maximum Gasteiger partial charge on any atom is 0.573 e. The summed E-state index contributed by atoms with van der Waals surface area (Å²) in [7, 11) is 0. The van der Waals surface area contributed by atoms with E-state index in [1.165, 1.54) is 29.1 Å². The number of aliphatic hydroxyl groups excluding tert-OH is 1. The summed E-state index contributed by atoms with van der Waals surface area (Å²) in [5.74, 6) is -0.702. The first kappa shape index (κ1) is 19.6. The van der Waals surface area contributed by atoms with Gasteiger partial charge in [0.2, 0.25) is 0 Å². The molecule has 28 heavy (non-hydrogen) atoms. The molecule has 1 amide bonds. The van der Waals surface area contributed by atoms with Crippen molar-refractivity contribution in [1.82, 2.24) is 20.1 Å². The molecule has 0 saturated heterocycles. The average Bonchev–Trinajstić information content (AvgIpc) is 3.02. The maximum atomic E-state index is 12.4. The molecule has 148 valence electrons. The van der Waals surface area contributed by atoms with Gasteiger partial charge in [0.1, 0.15) is 11.4 Å². The zero-order valence-electron chi connectivity index (χ0n) is 14.6. The summed E-state index contributed by atoms with van der Waals surface area (Å²) in [6.45, 7) is 0.468. The predicted octanol–water partition coefficient (Wildman–Crippen LogP) is 2.49. The first-order valence-corrected chi connectivity index (χ1v) is 8.41. The van der Waals surface area contributed by atoms with Crippen LogP contribution in [-0.4, -0.2) is 45.3 Å². The summed E-state index contributed by atoms with van der Waals surface area (Å²) in [5, 5.41) is 16.3. The highest BCUT2D eigenvalue weighted by Gasteiger charge is 2.31. The molecule has 0 spiro atoms. The van der Waals surface area contributed by atoms with Gasteiger partial charge in [-0.25, -0.2) is 0 Å². The van der Waals surface area contributed by atoms with E-state index in [0.29, 0.717) is 29.4 Å². The molecule has 0 aliphatic rings. The van der Waals surface area contributed by atoms with Gasteiger partial charge in [0.25, 0.3) is 5.91 Å². The Morgan fingerprint density at radius 1 is 1.29 bits per heavy atom.